The van der Waals surface area contributed by atoms with Crippen molar-refractivity contribution < 1.29 is 9.84 Å². The zero-order valence-electron chi connectivity index (χ0n) is 13.7. The lowest BCUT2D eigenvalue weighted by Crippen LogP contribution is -2.23. The lowest BCUT2D eigenvalue weighted by molar-refractivity contribution is 0.191. The summed E-state index contributed by atoms with van der Waals surface area (Å²) in [5.41, 5.74) is 6.64. The number of anilines is 1. The normalized spacial score (nSPS) is 12.5. The Bertz CT molecular complexity index is 833. The second-order valence-electron chi connectivity index (χ2n) is 5.25. The summed E-state index contributed by atoms with van der Waals surface area (Å²) in [5, 5.41) is 14.4. The number of methoxy groups -OCH3 is 1. The molecule has 3 aromatic rings. The number of halogens is 1. The molecule has 0 radical (unpaired) electrons. The molecule has 2 aromatic carbocycles. The molecule has 0 fully saturated rings. The SMILES string of the molecule is COc1ccccc1NC(N)=NCC(O)c1cc2ccccc2s1.I. The number of rotatable bonds is 5. The van der Waals surface area contributed by atoms with Crippen LogP contribution in [0.4, 0.5) is 5.69 Å². The van der Waals surface area contributed by atoms with Gasteiger partial charge in [0.15, 0.2) is 5.96 Å². The number of hydrogen-bond acceptors (Lipinski definition) is 4. The minimum absolute atomic E-state index is 0. The third-order valence-electron chi connectivity index (χ3n) is 3.58. The highest BCUT2D eigenvalue weighted by Gasteiger charge is 2.11. The molecule has 3 rings (SSSR count). The van der Waals surface area contributed by atoms with E-state index in [2.05, 4.69) is 10.3 Å². The number of para-hydroxylation sites is 2. The van der Waals surface area contributed by atoms with Gasteiger partial charge in [-0.15, -0.1) is 35.3 Å². The molecule has 0 amide bonds. The van der Waals surface area contributed by atoms with Gasteiger partial charge in [-0.3, -0.25) is 4.99 Å². The van der Waals surface area contributed by atoms with Gasteiger partial charge in [0.1, 0.15) is 11.9 Å². The van der Waals surface area contributed by atoms with E-state index in [1.165, 1.54) is 0 Å². The van der Waals surface area contributed by atoms with E-state index in [1.54, 1.807) is 18.4 Å². The number of guanidine groups is 1. The Morgan fingerprint density at radius 2 is 1.96 bits per heavy atom. The van der Waals surface area contributed by atoms with E-state index >= 15 is 0 Å². The van der Waals surface area contributed by atoms with E-state index in [4.69, 9.17) is 10.5 Å². The number of nitrogens with one attached hydrogen (secondary N) is 1. The predicted octanol–water partition coefficient (Wildman–Crippen LogP) is 3.99. The average molecular weight is 469 g/mol. The number of hydrogen-bond donors (Lipinski definition) is 3. The number of benzene rings is 2. The third kappa shape index (κ3) is 4.83. The van der Waals surface area contributed by atoms with E-state index < -0.39 is 6.10 Å². The number of aliphatic hydroxyl groups is 1. The molecule has 132 valence electrons. The molecule has 0 spiro atoms. The Morgan fingerprint density at radius 3 is 2.72 bits per heavy atom. The molecule has 0 saturated carbocycles. The molecule has 25 heavy (non-hydrogen) atoms. The third-order valence-corrected chi connectivity index (χ3v) is 4.79. The van der Waals surface area contributed by atoms with Crippen LogP contribution in [0.5, 0.6) is 5.75 Å². The standard InChI is InChI=1S/C18H19N3O2S.HI/c1-23-15-8-4-3-7-13(15)21-18(19)20-11-14(22)17-10-12-6-2-5-9-16(12)24-17;/h2-10,14,22H,11H2,1H3,(H3,19,20,21);1H. The van der Waals surface area contributed by atoms with Gasteiger partial charge in [-0.25, -0.2) is 0 Å². The summed E-state index contributed by atoms with van der Waals surface area (Å²) >= 11 is 1.57. The van der Waals surface area contributed by atoms with E-state index in [0.717, 1.165) is 20.7 Å². The predicted molar refractivity (Wildman–Crippen MR) is 115 cm³/mol. The van der Waals surface area contributed by atoms with Gasteiger partial charge in [0.05, 0.1) is 19.3 Å². The zero-order valence-corrected chi connectivity index (χ0v) is 16.8. The summed E-state index contributed by atoms with van der Waals surface area (Å²) in [4.78, 5) is 5.11. The first-order chi connectivity index (χ1) is 11.7. The second-order valence-corrected chi connectivity index (χ2v) is 6.37. The fraction of sp³-hybridized carbons (Fsp3) is 0.167. The van der Waals surface area contributed by atoms with Gasteiger partial charge in [0.25, 0.3) is 0 Å². The minimum Gasteiger partial charge on any atom is -0.495 e. The molecule has 1 unspecified atom stereocenters. The van der Waals surface area contributed by atoms with Crippen LogP contribution in [0.3, 0.4) is 0 Å². The van der Waals surface area contributed by atoms with Crippen LogP contribution < -0.4 is 15.8 Å². The highest BCUT2D eigenvalue weighted by Crippen LogP contribution is 2.30. The quantitative estimate of drug-likeness (QED) is 0.300. The van der Waals surface area contributed by atoms with Crippen molar-refractivity contribution in [3.05, 3.63) is 59.5 Å². The number of fused-ring (bicyclic) bond motifs is 1. The molecular formula is C18H20IN3O2S. The maximum atomic E-state index is 10.3. The van der Waals surface area contributed by atoms with Gasteiger partial charge < -0.3 is 20.9 Å². The van der Waals surface area contributed by atoms with Crippen molar-refractivity contribution >= 4 is 57.0 Å². The van der Waals surface area contributed by atoms with Crippen molar-refractivity contribution in [2.24, 2.45) is 10.7 Å². The molecule has 5 nitrogen and oxygen atoms in total. The van der Waals surface area contributed by atoms with Crippen molar-refractivity contribution in [2.45, 2.75) is 6.10 Å². The van der Waals surface area contributed by atoms with Crippen molar-refractivity contribution in [2.75, 3.05) is 19.0 Å². The van der Waals surface area contributed by atoms with Crippen LogP contribution in [0.1, 0.15) is 11.0 Å². The molecule has 4 N–H and O–H groups in total. The van der Waals surface area contributed by atoms with Crippen LogP contribution >= 0.6 is 35.3 Å². The summed E-state index contributed by atoms with van der Waals surface area (Å²) in [5.74, 6) is 0.917. The Hall–Kier alpha value is -1.84. The number of nitrogens with zero attached hydrogens (tertiary/aromatic N) is 1. The average Bonchev–Trinajstić information content (AvgIpc) is 3.04. The van der Waals surface area contributed by atoms with Crippen LogP contribution in [0.2, 0.25) is 0 Å². The zero-order chi connectivity index (χ0) is 16.9. The summed E-state index contributed by atoms with van der Waals surface area (Å²) < 4.78 is 6.40. The number of thiophene rings is 1. The van der Waals surface area contributed by atoms with Crippen LogP contribution in [-0.2, 0) is 0 Å². The topological polar surface area (TPSA) is 79.9 Å². The summed E-state index contributed by atoms with van der Waals surface area (Å²) in [7, 11) is 1.60. The van der Waals surface area contributed by atoms with Gasteiger partial charge in [0.2, 0.25) is 0 Å². The summed E-state index contributed by atoms with van der Waals surface area (Å²) in [6, 6.07) is 17.5. The maximum absolute atomic E-state index is 10.3. The first-order valence-electron chi connectivity index (χ1n) is 7.54. The Morgan fingerprint density at radius 1 is 1.24 bits per heavy atom. The monoisotopic (exact) mass is 469 g/mol. The number of aliphatic hydroxyl groups excluding tert-OH is 1. The van der Waals surface area contributed by atoms with Crippen molar-refractivity contribution in [1.29, 1.82) is 0 Å². The van der Waals surface area contributed by atoms with Crippen LogP contribution in [0.15, 0.2) is 59.6 Å². The first-order valence-corrected chi connectivity index (χ1v) is 8.35. The molecule has 0 saturated heterocycles. The molecule has 1 heterocycles. The van der Waals surface area contributed by atoms with Crippen molar-refractivity contribution in [3.8, 4) is 5.75 Å². The molecule has 0 aliphatic carbocycles. The lowest BCUT2D eigenvalue weighted by Gasteiger charge is -2.11. The highest BCUT2D eigenvalue weighted by molar-refractivity contribution is 14.0. The molecule has 0 aliphatic heterocycles. The van der Waals surface area contributed by atoms with E-state index in [-0.39, 0.29) is 36.5 Å². The van der Waals surface area contributed by atoms with Gasteiger partial charge in [0, 0.05) is 9.58 Å². The van der Waals surface area contributed by atoms with Gasteiger partial charge in [-0.1, -0.05) is 30.3 Å². The molecule has 7 heteroatoms. The van der Waals surface area contributed by atoms with Gasteiger partial charge in [-0.2, -0.15) is 0 Å². The molecule has 0 aliphatic rings. The van der Waals surface area contributed by atoms with E-state index in [1.807, 2.05) is 54.6 Å². The van der Waals surface area contributed by atoms with Gasteiger partial charge >= 0.3 is 0 Å². The highest BCUT2D eigenvalue weighted by atomic mass is 127. The largest absolute Gasteiger partial charge is 0.495 e. The summed E-state index contributed by atoms with van der Waals surface area (Å²) in [6.45, 7) is 0.195. The van der Waals surface area contributed by atoms with Crippen LogP contribution in [-0.4, -0.2) is 24.7 Å². The van der Waals surface area contributed by atoms with E-state index in [9.17, 15) is 5.11 Å². The Labute approximate surface area is 167 Å². The smallest absolute Gasteiger partial charge is 0.193 e. The number of ether oxygens (including phenoxy) is 1. The lowest BCUT2D eigenvalue weighted by atomic mass is 10.2. The molecule has 1 atom stereocenters. The van der Waals surface area contributed by atoms with E-state index in [0.29, 0.717) is 5.75 Å². The van der Waals surface area contributed by atoms with Crippen LogP contribution in [0, 0.1) is 0 Å². The molecule has 1 aromatic heterocycles. The maximum Gasteiger partial charge on any atom is 0.193 e. The Kier molecular flexibility index (Phi) is 7.03. The van der Waals surface area contributed by atoms with Gasteiger partial charge in [-0.05, 0) is 29.7 Å². The number of aliphatic imine (C=N–C) groups is 1. The fourth-order valence-electron chi connectivity index (χ4n) is 2.37. The van der Waals surface area contributed by atoms with Crippen LogP contribution in [0.25, 0.3) is 10.1 Å². The fourth-order valence-corrected chi connectivity index (χ4v) is 3.41. The van der Waals surface area contributed by atoms with Crippen molar-refractivity contribution in [1.82, 2.24) is 0 Å². The first kappa shape index (κ1) is 19.5. The molecular weight excluding hydrogens is 449 g/mol. The molecule has 0 bridgehead atoms. The second kappa shape index (κ2) is 9.02. The van der Waals surface area contributed by atoms with Crippen molar-refractivity contribution in [3.63, 3.8) is 0 Å². The number of nitrogens with two attached hydrogens (primary N) is 1. The Balaban J connectivity index is 0.00000225. The minimum atomic E-state index is -0.680. The summed E-state index contributed by atoms with van der Waals surface area (Å²) in [6.07, 6.45) is -0.680.